The van der Waals surface area contributed by atoms with Crippen LogP contribution >= 0.6 is 0 Å². The molecule has 0 aliphatic carbocycles. The van der Waals surface area contributed by atoms with Crippen LogP contribution < -0.4 is 29.6 Å². The minimum absolute atomic E-state index is 0.00580. The molecule has 17 nitrogen and oxygen atoms in total. The number of Topliss-reactive ketones (excluding diaryl/α,β-unsaturated/α-hetero) is 1. The van der Waals surface area contributed by atoms with Gasteiger partial charge in [-0.25, -0.2) is 4.79 Å². The number of piperidine rings is 2. The van der Waals surface area contributed by atoms with Gasteiger partial charge in [-0.2, -0.15) is 0 Å². The van der Waals surface area contributed by atoms with Crippen LogP contribution in [-0.4, -0.2) is 103 Å². The summed E-state index contributed by atoms with van der Waals surface area (Å²) in [5, 5.41) is 5.03. The van der Waals surface area contributed by atoms with Gasteiger partial charge in [0.25, 0.3) is 17.7 Å². The standard InChI is InChI=1S/C61H66N4O13/c1-7-46(43-28-38(4)56(75-6)52(32-43)74-5)58(70)64-26-9-8-18-49(64)61(73)78-50(24-22-39-21-20-36(2)37(3)27-39)42-15-11-16-45(31-42)76-35-54(68)62-33-41-14-10-13-40(29-41)30-44(66)34-77-51-19-12-17-47-55(51)60(72)65(59(47)71)48-23-25-53(67)63-57(48)69/h10-17,19-21,27-29,31-32,46,48-50H,7-9,18,22-26,30,33-35H2,1-6H3,(H,62,68)(H,63,67,69)/t46-,48?,49-,50+/m0/s1. The maximum atomic E-state index is 14.5. The number of imide groups is 2. The molecule has 0 radical (unpaired) electrons. The zero-order valence-corrected chi connectivity index (χ0v) is 44.9. The zero-order chi connectivity index (χ0) is 55.6. The third-order valence-corrected chi connectivity index (χ3v) is 14.7. The van der Waals surface area contributed by atoms with Crippen molar-refractivity contribution in [1.29, 1.82) is 0 Å². The molecule has 3 aliphatic rings. The lowest BCUT2D eigenvalue weighted by atomic mass is 9.91. The molecule has 1 unspecified atom stereocenters. The molecule has 0 aromatic heterocycles. The lowest BCUT2D eigenvalue weighted by Gasteiger charge is -2.37. The Balaban J connectivity index is 0.877. The lowest BCUT2D eigenvalue weighted by Crippen LogP contribution is -2.54. The summed E-state index contributed by atoms with van der Waals surface area (Å²) in [4.78, 5) is 109. The second-order valence-electron chi connectivity index (χ2n) is 20.0. The van der Waals surface area contributed by atoms with E-state index >= 15 is 0 Å². The van der Waals surface area contributed by atoms with Crippen molar-refractivity contribution in [3.63, 3.8) is 0 Å². The number of fused-ring (bicyclic) bond motifs is 1. The number of rotatable bonds is 22. The van der Waals surface area contributed by atoms with Crippen molar-refractivity contribution in [2.75, 3.05) is 34.0 Å². The van der Waals surface area contributed by atoms with Gasteiger partial charge in [0.1, 0.15) is 36.3 Å². The van der Waals surface area contributed by atoms with E-state index in [2.05, 4.69) is 42.7 Å². The van der Waals surface area contributed by atoms with Crippen molar-refractivity contribution >= 4 is 47.2 Å². The van der Waals surface area contributed by atoms with Crippen molar-refractivity contribution < 1.29 is 62.0 Å². The number of amides is 6. The molecular formula is C61H66N4O13. The van der Waals surface area contributed by atoms with Crippen molar-refractivity contribution in [3.8, 4) is 23.0 Å². The molecule has 2 fully saturated rings. The third kappa shape index (κ3) is 12.9. The molecule has 2 saturated heterocycles. The van der Waals surface area contributed by atoms with Gasteiger partial charge in [0, 0.05) is 25.9 Å². The average molecular weight is 1060 g/mol. The number of aryl methyl sites for hydroxylation is 4. The number of nitrogens with zero attached hydrogens (tertiary/aromatic N) is 2. The normalized spacial score (nSPS) is 16.9. The van der Waals surface area contributed by atoms with E-state index in [1.807, 2.05) is 38.1 Å². The second-order valence-corrected chi connectivity index (χ2v) is 20.0. The largest absolute Gasteiger partial charge is 0.493 e. The third-order valence-electron chi connectivity index (χ3n) is 14.7. The summed E-state index contributed by atoms with van der Waals surface area (Å²) in [5.74, 6) is -2.94. The fraction of sp³-hybridized carbons (Fsp3) is 0.377. The maximum absolute atomic E-state index is 14.5. The lowest BCUT2D eigenvalue weighted by molar-refractivity contribution is -0.162. The number of ether oxygens (including phenoxy) is 5. The van der Waals surface area contributed by atoms with Crippen LogP contribution in [0.25, 0.3) is 0 Å². The second kappa shape index (κ2) is 25.2. The first-order valence-corrected chi connectivity index (χ1v) is 26.4. The van der Waals surface area contributed by atoms with E-state index in [4.69, 9.17) is 23.7 Å². The number of ketones is 1. The highest BCUT2D eigenvalue weighted by molar-refractivity contribution is 6.24. The molecule has 17 heteroatoms. The van der Waals surface area contributed by atoms with E-state index in [-0.39, 0.29) is 61.0 Å². The van der Waals surface area contributed by atoms with E-state index in [0.717, 1.165) is 45.6 Å². The van der Waals surface area contributed by atoms with Crippen molar-refractivity contribution in [1.82, 2.24) is 20.4 Å². The Morgan fingerprint density at radius 3 is 2.27 bits per heavy atom. The summed E-state index contributed by atoms with van der Waals surface area (Å²) in [6.45, 7) is 7.83. The number of methoxy groups -OCH3 is 2. The summed E-state index contributed by atoms with van der Waals surface area (Å²) in [6.07, 6.45) is 2.82. The highest BCUT2D eigenvalue weighted by atomic mass is 16.5. The van der Waals surface area contributed by atoms with Crippen LogP contribution in [0.1, 0.15) is 129 Å². The van der Waals surface area contributed by atoms with E-state index in [1.54, 1.807) is 55.5 Å². The summed E-state index contributed by atoms with van der Waals surface area (Å²) in [6, 6.07) is 26.8. The first-order chi connectivity index (χ1) is 37.6. The molecule has 8 rings (SSSR count). The predicted molar refractivity (Wildman–Crippen MR) is 287 cm³/mol. The van der Waals surface area contributed by atoms with Gasteiger partial charge >= 0.3 is 5.97 Å². The smallest absolute Gasteiger partial charge is 0.329 e. The molecule has 3 heterocycles. The number of hydrogen-bond donors (Lipinski definition) is 2. The Morgan fingerprint density at radius 2 is 1.51 bits per heavy atom. The molecule has 6 amide bonds. The first kappa shape index (κ1) is 55.9. The van der Waals surface area contributed by atoms with Gasteiger partial charge in [-0.3, -0.25) is 43.8 Å². The van der Waals surface area contributed by atoms with Crippen molar-refractivity contribution in [3.05, 3.63) is 153 Å². The minimum Gasteiger partial charge on any atom is -0.493 e. The SMILES string of the molecule is CC[C@H](C(=O)N1CCCC[C@H]1C(=O)O[C@H](CCc1ccc(C)c(C)c1)c1cccc(OCC(=O)NCc2cccc(CC(=O)COc3cccc4c3C(=O)N(C3CCC(=O)NC3=O)C4=O)c2)c1)c1cc(C)c(OC)c(OC)c1. The fourth-order valence-electron chi connectivity index (χ4n) is 10.4. The molecule has 5 aromatic rings. The van der Waals surface area contributed by atoms with Gasteiger partial charge in [-0.05, 0) is 141 Å². The van der Waals surface area contributed by atoms with E-state index in [1.165, 1.54) is 23.8 Å². The van der Waals surface area contributed by atoms with Crippen molar-refractivity contribution in [2.24, 2.45) is 0 Å². The molecule has 3 aliphatic heterocycles. The molecule has 4 atom stereocenters. The Hall–Kier alpha value is -8.34. The molecule has 2 N–H and O–H groups in total. The monoisotopic (exact) mass is 1060 g/mol. The molecule has 0 bridgehead atoms. The van der Waals surface area contributed by atoms with Crippen LogP contribution in [0.5, 0.6) is 23.0 Å². The Labute approximate surface area is 453 Å². The summed E-state index contributed by atoms with van der Waals surface area (Å²) in [5.41, 5.74) is 7.09. The van der Waals surface area contributed by atoms with Crippen LogP contribution in [-0.2, 0) is 52.9 Å². The number of carbonyl (C=O) groups excluding carboxylic acids is 8. The fourth-order valence-corrected chi connectivity index (χ4v) is 10.4. The van der Waals surface area contributed by atoms with Gasteiger partial charge in [0.05, 0.1) is 31.3 Å². The van der Waals surface area contributed by atoms with Crippen LogP contribution in [0, 0.1) is 20.8 Å². The zero-order valence-electron chi connectivity index (χ0n) is 44.9. The summed E-state index contributed by atoms with van der Waals surface area (Å²) >= 11 is 0. The van der Waals surface area contributed by atoms with E-state index < -0.39 is 66.2 Å². The molecule has 408 valence electrons. The number of benzene rings is 5. The van der Waals surface area contributed by atoms with Crippen LogP contribution in [0.15, 0.2) is 97.1 Å². The first-order valence-electron chi connectivity index (χ1n) is 26.4. The van der Waals surface area contributed by atoms with E-state index in [0.29, 0.717) is 60.6 Å². The topological polar surface area (TPSA) is 213 Å². The number of nitrogens with one attached hydrogen (secondary N) is 2. The van der Waals surface area contributed by atoms with Gasteiger partial charge in [-0.15, -0.1) is 0 Å². The number of carbonyl (C=O) groups is 8. The van der Waals surface area contributed by atoms with E-state index in [9.17, 15) is 38.4 Å². The Bertz CT molecular complexity index is 3130. The number of hydrogen-bond acceptors (Lipinski definition) is 13. The molecule has 0 saturated carbocycles. The minimum atomic E-state index is -1.14. The average Bonchev–Trinajstić information content (AvgIpc) is 3.72. The predicted octanol–water partition coefficient (Wildman–Crippen LogP) is 7.71. The summed E-state index contributed by atoms with van der Waals surface area (Å²) < 4.78 is 29.4. The highest BCUT2D eigenvalue weighted by Gasteiger charge is 2.46. The molecular weight excluding hydrogens is 997 g/mol. The highest BCUT2D eigenvalue weighted by Crippen LogP contribution is 2.38. The van der Waals surface area contributed by atoms with Crippen LogP contribution in [0.4, 0.5) is 0 Å². The number of esters is 1. The van der Waals surface area contributed by atoms with Crippen LogP contribution in [0.3, 0.4) is 0 Å². The molecule has 0 spiro atoms. The van der Waals surface area contributed by atoms with Gasteiger partial charge in [-0.1, -0.05) is 73.7 Å². The van der Waals surface area contributed by atoms with Crippen molar-refractivity contribution in [2.45, 2.75) is 116 Å². The van der Waals surface area contributed by atoms with Gasteiger partial charge < -0.3 is 33.9 Å². The Kier molecular flexibility index (Phi) is 18.1. The maximum Gasteiger partial charge on any atom is 0.329 e. The quantitative estimate of drug-likeness (QED) is 0.0503. The Morgan fingerprint density at radius 1 is 0.731 bits per heavy atom. The van der Waals surface area contributed by atoms with Gasteiger partial charge in [0.2, 0.25) is 17.7 Å². The molecule has 5 aromatic carbocycles. The summed E-state index contributed by atoms with van der Waals surface area (Å²) in [7, 11) is 3.14. The number of likely N-dealkylation sites (tertiary alicyclic amines) is 1. The van der Waals surface area contributed by atoms with Crippen LogP contribution in [0.2, 0.25) is 0 Å². The van der Waals surface area contributed by atoms with Gasteiger partial charge in [0.15, 0.2) is 23.9 Å². The molecule has 78 heavy (non-hydrogen) atoms.